The first kappa shape index (κ1) is 22.7. The zero-order valence-corrected chi connectivity index (χ0v) is 17.4. The lowest BCUT2D eigenvalue weighted by atomic mass is 9.98. The summed E-state index contributed by atoms with van der Waals surface area (Å²) in [6, 6.07) is 7.29. The molecule has 0 aromatic heterocycles. The molecule has 0 bridgehead atoms. The van der Waals surface area contributed by atoms with E-state index in [9.17, 15) is 19.2 Å². The Balaban J connectivity index is 2.09. The Bertz CT molecular complexity index is 741. The van der Waals surface area contributed by atoms with Gasteiger partial charge in [-0.3, -0.25) is 14.4 Å². The van der Waals surface area contributed by atoms with Crippen LogP contribution in [0.1, 0.15) is 32.3 Å². The molecule has 9 heteroatoms. The van der Waals surface area contributed by atoms with Crippen LogP contribution in [0.2, 0.25) is 0 Å². The van der Waals surface area contributed by atoms with Crippen LogP contribution in [0.3, 0.4) is 0 Å². The Morgan fingerprint density at radius 2 is 1.86 bits per heavy atom. The third kappa shape index (κ3) is 7.41. The number of nitrogens with one attached hydrogen (secondary N) is 3. The number of hydrogen-bond donors (Lipinski definition) is 4. The van der Waals surface area contributed by atoms with Gasteiger partial charge in [-0.1, -0.05) is 30.3 Å². The second-order valence-corrected chi connectivity index (χ2v) is 7.69. The van der Waals surface area contributed by atoms with E-state index in [4.69, 9.17) is 4.74 Å². The van der Waals surface area contributed by atoms with E-state index in [0.29, 0.717) is 13.0 Å². The van der Waals surface area contributed by atoms with Crippen molar-refractivity contribution in [2.75, 3.05) is 6.54 Å². The van der Waals surface area contributed by atoms with Gasteiger partial charge in [0.05, 0.1) is 12.1 Å². The first-order chi connectivity index (χ1) is 13.8. The van der Waals surface area contributed by atoms with Crippen molar-refractivity contribution >= 4 is 35.7 Å². The van der Waals surface area contributed by atoms with Gasteiger partial charge in [0.25, 0.3) is 0 Å². The number of ether oxygens (including phenoxy) is 1. The summed E-state index contributed by atoms with van der Waals surface area (Å²) in [6.45, 7) is 3.95. The van der Waals surface area contributed by atoms with Crippen molar-refractivity contribution in [3.8, 4) is 0 Å². The number of benzene rings is 1. The maximum Gasteiger partial charge on any atom is 0.408 e. The monoisotopic (exact) mass is 421 g/mol. The van der Waals surface area contributed by atoms with Gasteiger partial charge in [-0.15, -0.1) is 12.6 Å². The van der Waals surface area contributed by atoms with Crippen LogP contribution in [-0.4, -0.2) is 47.8 Å². The SMILES string of the molecule is CC(C)OC(=O)N[C@@H](Cc1ccccc1)C(=O)N[C@@H](C[C@@H]1CCNC1=O)C(=O)S. The molecule has 0 radical (unpaired) electrons. The Labute approximate surface area is 175 Å². The smallest absolute Gasteiger partial charge is 0.408 e. The normalized spacial score (nSPS) is 17.9. The molecule has 0 aliphatic carbocycles. The average Bonchev–Trinajstić information content (AvgIpc) is 3.05. The minimum atomic E-state index is -0.948. The van der Waals surface area contributed by atoms with Crippen LogP contribution in [0.4, 0.5) is 4.79 Å². The molecule has 1 fully saturated rings. The van der Waals surface area contributed by atoms with Gasteiger partial charge in [-0.05, 0) is 32.3 Å². The largest absolute Gasteiger partial charge is 0.447 e. The molecule has 0 unspecified atom stereocenters. The predicted octanol–water partition coefficient (Wildman–Crippen LogP) is 1.20. The van der Waals surface area contributed by atoms with Crippen LogP contribution in [-0.2, 0) is 25.5 Å². The van der Waals surface area contributed by atoms with E-state index in [-0.39, 0.29) is 30.8 Å². The molecule has 1 saturated heterocycles. The van der Waals surface area contributed by atoms with Crippen LogP contribution < -0.4 is 16.0 Å². The fraction of sp³-hybridized carbons (Fsp3) is 0.500. The highest BCUT2D eigenvalue weighted by Gasteiger charge is 2.32. The number of thiol groups is 1. The molecule has 3 amide bonds. The van der Waals surface area contributed by atoms with Crippen LogP contribution in [0.25, 0.3) is 0 Å². The molecule has 1 heterocycles. The van der Waals surface area contributed by atoms with Crippen molar-refractivity contribution in [1.29, 1.82) is 0 Å². The van der Waals surface area contributed by atoms with Crippen LogP contribution >= 0.6 is 12.6 Å². The van der Waals surface area contributed by atoms with E-state index in [2.05, 4.69) is 28.6 Å². The second kappa shape index (κ2) is 10.8. The van der Waals surface area contributed by atoms with Crippen molar-refractivity contribution < 1.29 is 23.9 Å². The standard InChI is InChI=1S/C20H27N3O5S/c1-12(2)28-20(27)23-15(10-13-6-4-3-5-7-13)18(25)22-16(19(26)29)11-14-8-9-21-17(14)24/h3-7,12,14-16H,8-11H2,1-2H3,(H,21,24)(H,22,25)(H,23,27)(H,26,29)/t14-,15-,16-/m0/s1. The Kier molecular flexibility index (Phi) is 8.50. The summed E-state index contributed by atoms with van der Waals surface area (Å²) in [7, 11) is 0. The van der Waals surface area contributed by atoms with E-state index in [1.54, 1.807) is 13.8 Å². The summed E-state index contributed by atoms with van der Waals surface area (Å²) < 4.78 is 5.08. The number of alkyl carbamates (subject to hydrolysis) is 1. The molecular formula is C20H27N3O5S. The van der Waals surface area contributed by atoms with Crippen molar-refractivity contribution in [3.63, 3.8) is 0 Å². The third-order valence-corrected chi connectivity index (χ3v) is 4.84. The molecule has 0 saturated carbocycles. The fourth-order valence-electron chi connectivity index (χ4n) is 3.10. The quantitative estimate of drug-likeness (QED) is 0.448. The molecule has 8 nitrogen and oxygen atoms in total. The molecule has 3 atom stereocenters. The number of amides is 3. The van der Waals surface area contributed by atoms with Crippen LogP contribution in [0.5, 0.6) is 0 Å². The van der Waals surface area contributed by atoms with Gasteiger partial charge in [0.1, 0.15) is 6.04 Å². The Morgan fingerprint density at radius 1 is 1.17 bits per heavy atom. The molecule has 1 aliphatic heterocycles. The summed E-state index contributed by atoms with van der Waals surface area (Å²) in [5, 5.41) is 7.35. The van der Waals surface area contributed by atoms with E-state index in [0.717, 1.165) is 5.56 Å². The van der Waals surface area contributed by atoms with Crippen LogP contribution in [0, 0.1) is 5.92 Å². The maximum absolute atomic E-state index is 12.9. The van der Waals surface area contributed by atoms with Gasteiger partial charge < -0.3 is 20.7 Å². The summed E-state index contributed by atoms with van der Waals surface area (Å²) >= 11 is 3.86. The Morgan fingerprint density at radius 3 is 2.41 bits per heavy atom. The van der Waals surface area contributed by atoms with Gasteiger partial charge >= 0.3 is 6.09 Å². The molecule has 1 aromatic rings. The highest BCUT2D eigenvalue weighted by molar-refractivity contribution is 7.96. The Hall–Kier alpha value is -2.55. The minimum absolute atomic E-state index is 0.140. The molecule has 1 aliphatic rings. The highest BCUT2D eigenvalue weighted by atomic mass is 32.1. The summed E-state index contributed by atoms with van der Waals surface area (Å²) in [5.74, 6) is -1.04. The minimum Gasteiger partial charge on any atom is -0.447 e. The number of carbonyl (C=O) groups is 4. The van der Waals surface area contributed by atoms with Gasteiger partial charge in [0, 0.05) is 18.9 Å². The first-order valence-electron chi connectivity index (χ1n) is 9.58. The van der Waals surface area contributed by atoms with Gasteiger partial charge in [-0.2, -0.15) is 0 Å². The number of hydrogen-bond acceptors (Lipinski definition) is 5. The summed E-state index contributed by atoms with van der Waals surface area (Å²) in [6.07, 6.45) is -0.0901. The lowest BCUT2D eigenvalue weighted by molar-refractivity contribution is -0.128. The van der Waals surface area contributed by atoms with Gasteiger partial charge in [0.15, 0.2) is 0 Å². The average molecular weight is 422 g/mol. The topological polar surface area (TPSA) is 114 Å². The summed E-state index contributed by atoms with van der Waals surface area (Å²) in [5.41, 5.74) is 0.835. The molecule has 1 aromatic carbocycles. The van der Waals surface area contributed by atoms with Gasteiger partial charge in [-0.25, -0.2) is 4.79 Å². The molecule has 3 N–H and O–H groups in total. The van der Waals surface area contributed by atoms with Crippen LogP contribution in [0.15, 0.2) is 30.3 Å². The lowest BCUT2D eigenvalue weighted by Gasteiger charge is -2.23. The highest BCUT2D eigenvalue weighted by Crippen LogP contribution is 2.17. The predicted molar refractivity (Wildman–Crippen MR) is 110 cm³/mol. The van der Waals surface area contributed by atoms with Crippen molar-refractivity contribution in [1.82, 2.24) is 16.0 Å². The zero-order valence-electron chi connectivity index (χ0n) is 16.5. The van der Waals surface area contributed by atoms with E-state index >= 15 is 0 Å². The molecule has 158 valence electrons. The lowest BCUT2D eigenvalue weighted by Crippen LogP contribution is -2.52. The van der Waals surface area contributed by atoms with E-state index in [1.165, 1.54) is 0 Å². The third-order valence-electron chi connectivity index (χ3n) is 4.53. The second-order valence-electron chi connectivity index (χ2n) is 7.25. The van der Waals surface area contributed by atoms with E-state index < -0.39 is 29.2 Å². The number of rotatable bonds is 9. The maximum atomic E-state index is 12.9. The fourth-order valence-corrected chi connectivity index (χ4v) is 3.27. The van der Waals surface area contributed by atoms with Crippen molar-refractivity contribution in [2.24, 2.45) is 5.92 Å². The summed E-state index contributed by atoms with van der Waals surface area (Å²) in [4.78, 5) is 48.7. The zero-order chi connectivity index (χ0) is 21.4. The van der Waals surface area contributed by atoms with E-state index in [1.807, 2.05) is 30.3 Å². The molecule has 0 spiro atoms. The molecule has 29 heavy (non-hydrogen) atoms. The van der Waals surface area contributed by atoms with Gasteiger partial charge in [0.2, 0.25) is 16.9 Å². The van der Waals surface area contributed by atoms with Crippen molar-refractivity contribution in [3.05, 3.63) is 35.9 Å². The molecular weight excluding hydrogens is 394 g/mol. The van der Waals surface area contributed by atoms with Crippen molar-refractivity contribution in [2.45, 2.75) is 51.3 Å². The molecule has 2 rings (SSSR count). The number of carbonyl (C=O) groups excluding carboxylic acids is 4. The first-order valence-corrected chi connectivity index (χ1v) is 10.0.